The van der Waals surface area contributed by atoms with Crippen molar-refractivity contribution in [1.82, 2.24) is 0 Å². The fourth-order valence-corrected chi connectivity index (χ4v) is 3.22. The summed E-state index contributed by atoms with van der Waals surface area (Å²) in [6, 6.07) is 13.4. The number of hydrogen-bond donors (Lipinski definition) is 2. The second-order valence-corrected chi connectivity index (χ2v) is 7.73. The molecular weight excluding hydrogens is 390 g/mol. The van der Waals surface area contributed by atoms with E-state index in [4.69, 9.17) is 5.11 Å². The average Bonchev–Trinajstić information content (AvgIpc) is 2.78. The van der Waals surface area contributed by atoms with Gasteiger partial charge in [-0.25, -0.2) is 4.79 Å². The fourth-order valence-electron chi connectivity index (χ4n) is 3.22. The monoisotopic (exact) mass is 423 g/mol. The average molecular weight is 424 g/mol. The minimum absolute atomic E-state index is 0.0378. The van der Waals surface area contributed by atoms with Crippen LogP contribution < -0.4 is 5.32 Å². The molecular formula is C25H33N3O3. The summed E-state index contributed by atoms with van der Waals surface area (Å²) in [5.74, 6) is -0.935. The number of hydrogen-bond acceptors (Lipinski definition) is 4. The molecule has 2 N–H and O–H groups in total. The minimum atomic E-state index is -0.973. The highest BCUT2D eigenvalue weighted by molar-refractivity contribution is 5.90. The Kier molecular flexibility index (Phi) is 11.0. The molecule has 31 heavy (non-hydrogen) atoms. The third-order valence-electron chi connectivity index (χ3n) is 5.05. The summed E-state index contributed by atoms with van der Waals surface area (Å²) in [6.45, 7) is 2.23. The maximum absolute atomic E-state index is 12.1. The van der Waals surface area contributed by atoms with Crippen LogP contribution in [0.15, 0.2) is 58.8 Å². The van der Waals surface area contributed by atoms with Crippen LogP contribution in [0.2, 0.25) is 0 Å². The van der Waals surface area contributed by atoms with Crippen molar-refractivity contribution in [2.75, 3.05) is 5.32 Å². The zero-order valence-electron chi connectivity index (χ0n) is 18.3. The van der Waals surface area contributed by atoms with Crippen molar-refractivity contribution < 1.29 is 14.7 Å². The Bertz CT molecular complexity index is 830. The first-order valence-corrected chi connectivity index (χ1v) is 11.2. The van der Waals surface area contributed by atoms with E-state index in [1.165, 1.54) is 57.1 Å². The lowest BCUT2D eigenvalue weighted by atomic mass is 10.1. The summed E-state index contributed by atoms with van der Waals surface area (Å²) in [5, 5.41) is 20.1. The van der Waals surface area contributed by atoms with E-state index in [0.717, 1.165) is 18.5 Å². The molecule has 0 radical (unpaired) electrons. The summed E-state index contributed by atoms with van der Waals surface area (Å²) in [5.41, 5.74) is 2.18. The van der Waals surface area contributed by atoms with Gasteiger partial charge in [0.1, 0.15) is 0 Å². The molecule has 2 aromatic carbocycles. The van der Waals surface area contributed by atoms with Gasteiger partial charge in [0.15, 0.2) is 0 Å². The molecule has 6 heteroatoms. The van der Waals surface area contributed by atoms with Gasteiger partial charge < -0.3 is 10.4 Å². The van der Waals surface area contributed by atoms with Gasteiger partial charge in [-0.2, -0.15) is 10.2 Å². The first-order valence-electron chi connectivity index (χ1n) is 11.2. The molecule has 0 spiro atoms. The van der Waals surface area contributed by atoms with Gasteiger partial charge in [-0.1, -0.05) is 58.3 Å². The molecule has 0 saturated carbocycles. The summed E-state index contributed by atoms with van der Waals surface area (Å²) in [7, 11) is 0. The van der Waals surface area contributed by atoms with E-state index in [2.05, 4.69) is 22.5 Å². The molecule has 0 bridgehead atoms. The quantitative estimate of drug-likeness (QED) is 0.241. The largest absolute Gasteiger partial charge is 0.478 e. The number of aromatic carboxylic acids is 1. The van der Waals surface area contributed by atoms with Crippen LogP contribution in [0.4, 0.5) is 17.1 Å². The number of benzene rings is 2. The number of amides is 1. The normalized spacial score (nSPS) is 11.0. The number of carboxylic acid groups (broad SMARTS) is 1. The maximum atomic E-state index is 12.1. The number of anilines is 1. The molecule has 2 aromatic rings. The molecule has 1 amide bonds. The van der Waals surface area contributed by atoms with Crippen LogP contribution in [-0.2, 0) is 4.79 Å². The molecule has 0 aromatic heterocycles. The molecule has 0 unspecified atom stereocenters. The molecule has 166 valence electrons. The van der Waals surface area contributed by atoms with E-state index in [-0.39, 0.29) is 11.5 Å². The van der Waals surface area contributed by atoms with Crippen LogP contribution >= 0.6 is 0 Å². The number of nitrogens with zero attached hydrogens (tertiary/aromatic N) is 2. The summed E-state index contributed by atoms with van der Waals surface area (Å²) < 4.78 is 0. The van der Waals surface area contributed by atoms with Crippen molar-refractivity contribution in [2.24, 2.45) is 10.2 Å². The Balaban J connectivity index is 1.66. The third kappa shape index (κ3) is 10.0. The third-order valence-corrected chi connectivity index (χ3v) is 5.05. The van der Waals surface area contributed by atoms with E-state index in [9.17, 15) is 9.59 Å². The summed E-state index contributed by atoms with van der Waals surface area (Å²) in [4.78, 5) is 23.0. The Labute approximate surface area is 184 Å². The van der Waals surface area contributed by atoms with Gasteiger partial charge in [0, 0.05) is 12.1 Å². The Morgan fingerprint density at radius 3 is 1.74 bits per heavy atom. The molecule has 0 saturated heterocycles. The van der Waals surface area contributed by atoms with Crippen LogP contribution in [0.1, 0.15) is 81.5 Å². The number of nitrogens with one attached hydrogen (secondary N) is 1. The van der Waals surface area contributed by atoms with Gasteiger partial charge in [-0.05, 0) is 55.0 Å². The van der Waals surface area contributed by atoms with Gasteiger partial charge >= 0.3 is 5.97 Å². The number of azo groups is 1. The van der Waals surface area contributed by atoms with Gasteiger partial charge in [-0.3, -0.25) is 4.79 Å². The smallest absolute Gasteiger partial charge is 0.335 e. The Hall–Kier alpha value is -3.02. The second-order valence-electron chi connectivity index (χ2n) is 7.73. The van der Waals surface area contributed by atoms with Gasteiger partial charge in [0.2, 0.25) is 5.91 Å². The van der Waals surface area contributed by atoms with Gasteiger partial charge in [-0.15, -0.1) is 0 Å². The van der Waals surface area contributed by atoms with E-state index in [1.807, 2.05) is 0 Å². The van der Waals surface area contributed by atoms with Crippen molar-refractivity contribution in [3.63, 3.8) is 0 Å². The number of carbonyl (C=O) groups excluding carboxylic acids is 1. The maximum Gasteiger partial charge on any atom is 0.335 e. The van der Waals surface area contributed by atoms with E-state index < -0.39 is 5.97 Å². The first-order chi connectivity index (χ1) is 15.1. The van der Waals surface area contributed by atoms with Gasteiger partial charge in [0.25, 0.3) is 0 Å². The predicted octanol–water partition coefficient (Wildman–Crippen LogP) is 7.66. The van der Waals surface area contributed by atoms with Crippen molar-refractivity contribution in [3.05, 3.63) is 54.1 Å². The van der Waals surface area contributed by atoms with Crippen molar-refractivity contribution in [1.29, 1.82) is 0 Å². The molecule has 0 aliphatic heterocycles. The number of carboxylic acids is 1. The lowest BCUT2D eigenvalue weighted by molar-refractivity contribution is -0.116. The Morgan fingerprint density at radius 1 is 0.742 bits per heavy atom. The van der Waals surface area contributed by atoms with E-state index >= 15 is 0 Å². The van der Waals surface area contributed by atoms with Crippen molar-refractivity contribution in [2.45, 2.75) is 71.1 Å². The molecule has 0 heterocycles. The number of unbranched alkanes of at least 4 members (excludes halogenated alkanes) is 8. The number of carbonyl (C=O) groups is 2. The SMILES string of the molecule is CCCCCCCCCCCC(=O)Nc1ccc(N=Nc2ccc(C(=O)O)cc2)cc1. The predicted molar refractivity (Wildman–Crippen MR) is 124 cm³/mol. The summed E-state index contributed by atoms with van der Waals surface area (Å²) >= 11 is 0. The second kappa shape index (κ2) is 14.1. The lowest BCUT2D eigenvalue weighted by Crippen LogP contribution is -2.10. The molecule has 6 nitrogen and oxygen atoms in total. The van der Waals surface area contributed by atoms with Gasteiger partial charge in [0.05, 0.1) is 16.9 Å². The molecule has 0 aliphatic carbocycles. The highest BCUT2D eigenvalue weighted by Crippen LogP contribution is 2.21. The topological polar surface area (TPSA) is 91.1 Å². The molecule has 0 atom stereocenters. The van der Waals surface area contributed by atoms with Crippen molar-refractivity contribution in [3.8, 4) is 0 Å². The standard InChI is InChI=1S/C25H33N3O3/c1-2-3-4-5-6-7-8-9-10-11-24(29)26-21-16-18-23(19-17-21)28-27-22-14-12-20(13-15-22)25(30)31/h12-19H,2-11H2,1H3,(H,26,29)(H,30,31). The van der Waals surface area contributed by atoms with Crippen molar-refractivity contribution >= 4 is 28.9 Å². The minimum Gasteiger partial charge on any atom is -0.478 e. The molecule has 2 rings (SSSR count). The lowest BCUT2D eigenvalue weighted by Gasteiger charge is -2.05. The highest BCUT2D eigenvalue weighted by Gasteiger charge is 2.03. The van der Waals surface area contributed by atoms with Crippen LogP contribution in [-0.4, -0.2) is 17.0 Å². The highest BCUT2D eigenvalue weighted by atomic mass is 16.4. The van der Waals surface area contributed by atoms with Crippen LogP contribution in [0.5, 0.6) is 0 Å². The van der Waals surface area contributed by atoms with Crippen LogP contribution in [0, 0.1) is 0 Å². The zero-order chi connectivity index (χ0) is 22.3. The first kappa shape index (κ1) is 24.3. The van der Waals surface area contributed by atoms with E-state index in [0.29, 0.717) is 17.8 Å². The Morgan fingerprint density at radius 2 is 1.23 bits per heavy atom. The van der Waals surface area contributed by atoms with Crippen LogP contribution in [0.25, 0.3) is 0 Å². The van der Waals surface area contributed by atoms with Crippen LogP contribution in [0.3, 0.4) is 0 Å². The number of rotatable bonds is 14. The summed E-state index contributed by atoms with van der Waals surface area (Å²) in [6.07, 6.45) is 11.7. The van der Waals surface area contributed by atoms with E-state index in [1.54, 1.807) is 36.4 Å². The molecule has 0 fully saturated rings. The fraction of sp³-hybridized carbons (Fsp3) is 0.440. The zero-order valence-corrected chi connectivity index (χ0v) is 18.3. The molecule has 0 aliphatic rings.